The van der Waals surface area contributed by atoms with Gasteiger partial charge in [0.1, 0.15) is 5.82 Å². The molecule has 3 nitrogen and oxygen atoms in total. The Morgan fingerprint density at radius 1 is 1.21 bits per heavy atom. The van der Waals surface area contributed by atoms with Crippen molar-refractivity contribution in [2.75, 3.05) is 7.11 Å². The van der Waals surface area contributed by atoms with Gasteiger partial charge in [-0.25, -0.2) is 9.97 Å². The standard InChI is InChI=1S/C10H15FN2O/c1-6-7(14-5)8(11)13-9(12-6)10(2,3)4/h1-5H3. The van der Waals surface area contributed by atoms with Gasteiger partial charge < -0.3 is 4.74 Å². The number of hydrogen-bond acceptors (Lipinski definition) is 3. The number of ether oxygens (including phenoxy) is 1. The summed E-state index contributed by atoms with van der Waals surface area (Å²) in [6.45, 7) is 7.52. The summed E-state index contributed by atoms with van der Waals surface area (Å²) < 4.78 is 18.2. The van der Waals surface area contributed by atoms with Gasteiger partial charge in [-0.05, 0) is 6.92 Å². The summed E-state index contributed by atoms with van der Waals surface area (Å²) in [5.74, 6) is 0.0243. The van der Waals surface area contributed by atoms with E-state index in [2.05, 4.69) is 9.97 Å². The molecule has 14 heavy (non-hydrogen) atoms. The van der Waals surface area contributed by atoms with E-state index in [1.54, 1.807) is 6.92 Å². The van der Waals surface area contributed by atoms with Gasteiger partial charge in [-0.3, -0.25) is 0 Å². The van der Waals surface area contributed by atoms with Crippen LogP contribution in [0.3, 0.4) is 0 Å². The average Bonchev–Trinajstić information content (AvgIpc) is 2.01. The van der Waals surface area contributed by atoms with Crippen molar-refractivity contribution in [2.45, 2.75) is 33.1 Å². The van der Waals surface area contributed by atoms with Crippen LogP contribution in [0.15, 0.2) is 0 Å². The van der Waals surface area contributed by atoms with Crippen molar-refractivity contribution in [3.63, 3.8) is 0 Å². The van der Waals surface area contributed by atoms with Crippen molar-refractivity contribution in [3.05, 3.63) is 17.5 Å². The molecule has 0 aliphatic carbocycles. The van der Waals surface area contributed by atoms with Crippen molar-refractivity contribution in [2.24, 2.45) is 0 Å². The van der Waals surface area contributed by atoms with Crippen LogP contribution in [0.1, 0.15) is 32.3 Å². The minimum atomic E-state index is -0.593. The lowest BCUT2D eigenvalue weighted by Crippen LogP contribution is -2.18. The van der Waals surface area contributed by atoms with E-state index in [0.717, 1.165) is 0 Å². The molecule has 0 N–H and O–H groups in total. The maximum atomic E-state index is 13.4. The summed E-state index contributed by atoms with van der Waals surface area (Å²) in [6, 6.07) is 0. The van der Waals surface area contributed by atoms with Crippen LogP contribution in [-0.4, -0.2) is 17.1 Å². The second-order valence-electron chi connectivity index (χ2n) is 4.21. The molecule has 1 rings (SSSR count). The summed E-state index contributed by atoms with van der Waals surface area (Å²) in [4.78, 5) is 7.97. The fourth-order valence-corrected chi connectivity index (χ4v) is 1.09. The van der Waals surface area contributed by atoms with Crippen molar-refractivity contribution < 1.29 is 9.13 Å². The molecule has 1 aromatic rings. The molecule has 1 heterocycles. The quantitative estimate of drug-likeness (QED) is 0.649. The Morgan fingerprint density at radius 2 is 1.79 bits per heavy atom. The first-order valence-corrected chi connectivity index (χ1v) is 4.45. The predicted molar refractivity (Wildman–Crippen MR) is 52.0 cm³/mol. The lowest BCUT2D eigenvalue weighted by atomic mass is 9.95. The Bertz CT molecular complexity index is 321. The molecule has 78 valence electrons. The molecule has 0 aliphatic rings. The summed E-state index contributed by atoms with van der Waals surface area (Å²) in [5.41, 5.74) is 0.280. The van der Waals surface area contributed by atoms with E-state index in [4.69, 9.17) is 4.74 Å². The second-order valence-corrected chi connectivity index (χ2v) is 4.21. The van der Waals surface area contributed by atoms with E-state index in [9.17, 15) is 4.39 Å². The van der Waals surface area contributed by atoms with E-state index in [1.165, 1.54) is 7.11 Å². The number of aryl methyl sites for hydroxylation is 1. The van der Waals surface area contributed by atoms with E-state index < -0.39 is 5.95 Å². The van der Waals surface area contributed by atoms with Crippen molar-refractivity contribution in [1.82, 2.24) is 9.97 Å². The largest absolute Gasteiger partial charge is 0.490 e. The summed E-state index contributed by atoms with van der Waals surface area (Å²) >= 11 is 0. The SMILES string of the molecule is COc1c(C)nc(C(C)(C)C)nc1F. The molecule has 0 radical (unpaired) electrons. The highest BCUT2D eigenvalue weighted by molar-refractivity contribution is 5.26. The maximum Gasteiger partial charge on any atom is 0.258 e. The maximum absolute atomic E-state index is 13.4. The average molecular weight is 198 g/mol. The molecule has 0 amide bonds. The number of aromatic nitrogens is 2. The second kappa shape index (κ2) is 3.52. The van der Waals surface area contributed by atoms with Crippen LogP contribution in [0.5, 0.6) is 5.75 Å². The first-order valence-electron chi connectivity index (χ1n) is 4.45. The van der Waals surface area contributed by atoms with E-state index in [0.29, 0.717) is 11.5 Å². The Kier molecular flexibility index (Phi) is 2.73. The first-order chi connectivity index (χ1) is 6.36. The van der Waals surface area contributed by atoms with Crippen LogP contribution in [0, 0.1) is 12.9 Å². The van der Waals surface area contributed by atoms with Crippen molar-refractivity contribution in [1.29, 1.82) is 0 Å². The third-order valence-electron chi connectivity index (χ3n) is 1.87. The molecular formula is C10H15FN2O. The Balaban J connectivity index is 3.28. The molecule has 0 aliphatic heterocycles. The molecule has 0 unspecified atom stereocenters. The zero-order valence-corrected chi connectivity index (χ0v) is 9.18. The lowest BCUT2D eigenvalue weighted by molar-refractivity contribution is 0.364. The van der Waals surface area contributed by atoms with Gasteiger partial charge in [0, 0.05) is 5.41 Å². The molecule has 0 fully saturated rings. The van der Waals surface area contributed by atoms with Gasteiger partial charge in [0.05, 0.1) is 12.8 Å². The summed E-state index contributed by atoms with van der Waals surface area (Å²) in [6.07, 6.45) is 0. The Hall–Kier alpha value is -1.19. The number of hydrogen-bond donors (Lipinski definition) is 0. The van der Waals surface area contributed by atoms with Gasteiger partial charge in [-0.1, -0.05) is 20.8 Å². The van der Waals surface area contributed by atoms with Crippen molar-refractivity contribution >= 4 is 0 Å². The lowest BCUT2D eigenvalue weighted by Gasteiger charge is -2.17. The molecule has 0 bridgehead atoms. The number of methoxy groups -OCH3 is 1. The third kappa shape index (κ3) is 2.00. The van der Waals surface area contributed by atoms with Gasteiger partial charge in [-0.2, -0.15) is 4.39 Å². The molecule has 0 saturated carbocycles. The van der Waals surface area contributed by atoms with Crippen LogP contribution >= 0.6 is 0 Å². The van der Waals surface area contributed by atoms with E-state index in [-0.39, 0.29) is 11.2 Å². The molecule has 0 aromatic carbocycles. The molecular weight excluding hydrogens is 183 g/mol. The van der Waals surface area contributed by atoms with Crippen LogP contribution in [0.25, 0.3) is 0 Å². The fourth-order valence-electron chi connectivity index (χ4n) is 1.09. The smallest absolute Gasteiger partial charge is 0.258 e. The number of halogens is 1. The van der Waals surface area contributed by atoms with Gasteiger partial charge in [0.15, 0.2) is 5.75 Å². The molecule has 0 spiro atoms. The van der Waals surface area contributed by atoms with Crippen LogP contribution in [0.4, 0.5) is 4.39 Å². The highest BCUT2D eigenvalue weighted by Gasteiger charge is 2.21. The minimum Gasteiger partial charge on any atom is -0.490 e. The molecule has 4 heteroatoms. The van der Waals surface area contributed by atoms with Crippen LogP contribution in [-0.2, 0) is 5.41 Å². The summed E-state index contributed by atoms with van der Waals surface area (Å²) in [5, 5.41) is 0. The molecule has 0 saturated heterocycles. The monoisotopic (exact) mass is 198 g/mol. The zero-order valence-electron chi connectivity index (χ0n) is 9.18. The van der Waals surface area contributed by atoms with Crippen molar-refractivity contribution in [3.8, 4) is 5.75 Å². The minimum absolute atomic E-state index is 0.123. The topological polar surface area (TPSA) is 35.0 Å². The Labute approximate surface area is 83.3 Å². The number of rotatable bonds is 1. The van der Waals surface area contributed by atoms with Gasteiger partial charge in [0.25, 0.3) is 5.95 Å². The first kappa shape index (κ1) is 10.9. The zero-order chi connectivity index (χ0) is 10.9. The number of nitrogens with zero attached hydrogens (tertiary/aromatic N) is 2. The third-order valence-corrected chi connectivity index (χ3v) is 1.87. The van der Waals surface area contributed by atoms with Gasteiger partial charge in [-0.15, -0.1) is 0 Å². The fraction of sp³-hybridized carbons (Fsp3) is 0.600. The highest BCUT2D eigenvalue weighted by atomic mass is 19.1. The predicted octanol–water partition coefficient (Wildman–Crippen LogP) is 2.23. The Morgan fingerprint density at radius 3 is 2.14 bits per heavy atom. The van der Waals surface area contributed by atoms with Gasteiger partial charge in [0.2, 0.25) is 0 Å². The van der Waals surface area contributed by atoms with Gasteiger partial charge >= 0.3 is 0 Å². The molecule has 0 atom stereocenters. The van der Waals surface area contributed by atoms with Crippen LogP contribution < -0.4 is 4.74 Å². The highest BCUT2D eigenvalue weighted by Crippen LogP contribution is 2.24. The van der Waals surface area contributed by atoms with E-state index in [1.807, 2.05) is 20.8 Å². The van der Waals surface area contributed by atoms with Crippen LogP contribution in [0.2, 0.25) is 0 Å². The normalized spacial score (nSPS) is 11.6. The summed E-state index contributed by atoms with van der Waals surface area (Å²) in [7, 11) is 1.41. The van der Waals surface area contributed by atoms with E-state index >= 15 is 0 Å². The molecule has 1 aromatic heterocycles.